The molecule has 2 saturated carbocycles. The fraction of sp³-hybridized carbons (Fsp3) is 0.381. The van der Waals surface area contributed by atoms with Crippen molar-refractivity contribution in [3.05, 3.63) is 54.6 Å². The summed E-state index contributed by atoms with van der Waals surface area (Å²) >= 11 is 0. The molecule has 0 radical (unpaired) electrons. The van der Waals surface area contributed by atoms with Crippen LogP contribution in [0.2, 0.25) is 0 Å². The van der Waals surface area contributed by atoms with Crippen molar-refractivity contribution in [3.8, 4) is 11.5 Å². The third-order valence-corrected chi connectivity index (χ3v) is 5.45. The summed E-state index contributed by atoms with van der Waals surface area (Å²) in [6, 6.07) is 17.3. The molecule has 0 saturated heterocycles. The Morgan fingerprint density at radius 2 is 1.71 bits per heavy atom. The van der Waals surface area contributed by atoms with Gasteiger partial charge in [-0.25, -0.2) is 0 Å². The van der Waals surface area contributed by atoms with E-state index >= 15 is 0 Å². The molecule has 124 valence electrons. The summed E-state index contributed by atoms with van der Waals surface area (Å²) in [5, 5.41) is 3.02. The Hall–Kier alpha value is -2.29. The number of rotatable bonds is 5. The van der Waals surface area contributed by atoms with E-state index < -0.39 is 0 Å². The molecule has 2 aromatic rings. The maximum Gasteiger partial charge on any atom is 0.224 e. The van der Waals surface area contributed by atoms with E-state index in [2.05, 4.69) is 5.32 Å². The summed E-state index contributed by atoms with van der Waals surface area (Å²) in [6.45, 7) is 0. The van der Waals surface area contributed by atoms with E-state index in [1.807, 2.05) is 54.6 Å². The zero-order valence-corrected chi connectivity index (χ0v) is 13.8. The molecule has 4 rings (SSSR count). The first kappa shape index (κ1) is 15.3. The van der Waals surface area contributed by atoms with Crippen molar-refractivity contribution in [3.63, 3.8) is 0 Å². The highest BCUT2D eigenvalue weighted by Crippen LogP contribution is 2.49. The van der Waals surface area contributed by atoms with Crippen LogP contribution in [0.1, 0.15) is 32.1 Å². The normalized spacial score (nSPS) is 24.8. The molecule has 3 atom stereocenters. The van der Waals surface area contributed by atoms with Gasteiger partial charge in [0.2, 0.25) is 5.91 Å². The van der Waals surface area contributed by atoms with Crippen molar-refractivity contribution in [2.24, 2.45) is 17.8 Å². The largest absolute Gasteiger partial charge is 0.457 e. The van der Waals surface area contributed by atoms with Gasteiger partial charge in [-0.1, -0.05) is 24.6 Å². The molecule has 2 fully saturated rings. The SMILES string of the molecule is O=C(C[C@H]1C[C@H]2CC[C@@H]1C2)Nc1ccc(Oc2ccccc2)cc1. The van der Waals surface area contributed by atoms with E-state index in [0.29, 0.717) is 12.3 Å². The number of fused-ring (bicyclic) bond motifs is 2. The number of para-hydroxylation sites is 1. The Kier molecular flexibility index (Phi) is 4.24. The fourth-order valence-corrected chi connectivity index (χ4v) is 4.31. The fourth-order valence-electron chi connectivity index (χ4n) is 4.31. The number of ether oxygens (including phenoxy) is 1. The number of carbonyl (C=O) groups excluding carboxylic acids is 1. The lowest BCUT2D eigenvalue weighted by Gasteiger charge is -2.20. The molecular weight excluding hydrogens is 298 g/mol. The van der Waals surface area contributed by atoms with Gasteiger partial charge in [0.25, 0.3) is 0 Å². The van der Waals surface area contributed by atoms with Crippen molar-refractivity contribution >= 4 is 11.6 Å². The molecule has 1 N–H and O–H groups in total. The van der Waals surface area contributed by atoms with Gasteiger partial charge in [0.1, 0.15) is 11.5 Å². The molecule has 0 spiro atoms. The van der Waals surface area contributed by atoms with Crippen LogP contribution in [0.4, 0.5) is 5.69 Å². The molecule has 2 aliphatic carbocycles. The number of anilines is 1. The molecule has 2 bridgehead atoms. The highest BCUT2D eigenvalue weighted by atomic mass is 16.5. The van der Waals surface area contributed by atoms with Crippen LogP contribution in [-0.2, 0) is 4.79 Å². The second kappa shape index (κ2) is 6.68. The predicted molar refractivity (Wildman–Crippen MR) is 95.1 cm³/mol. The van der Waals surface area contributed by atoms with Crippen LogP contribution in [0.25, 0.3) is 0 Å². The van der Waals surface area contributed by atoms with Gasteiger partial charge in [-0.3, -0.25) is 4.79 Å². The van der Waals surface area contributed by atoms with Crippen molar-refractivity contribution in [2.75, 3.05) is 5.32 Å². The zero-order valence-electron chi connectivity index (χ0n) is 13.8. The van der Waals surface area contributed by atoms with Crippen molar-refractivity contribution < 1.29 is 9.53 Å². The molecule has 1 amide bonds. The number of hydrogen-bond donors (Lipinski definition) is 1. The van der Waals surface area contributed by atoms with Gasteiger partial charge in [-0.2, -0.15) is 0 Å². The molecular formula is C21H23NO2. The minimum absolute atomic E-state index is 0.143. The Morgan fingerprint density at radius 1 is 0.958 bits per heavy atom. The standard InChI is InChI=1S/C21H23NO2/c23-21(14-17-13-15-6-7-16(17)12-15)22-18-8-10-20(11-9-18)24-19-4-2-1-3-5-19/h1-5,8-11,15-17H,6-7,12-14H2,(H,22,23)/t15-,16+,17+/m0/s1. The Morgan fingerprint density at radius 3 is 2.38 bits per heavy atom. The summed E-state index contributed by atoms with van der Waals surface area (Å²) in [6.07, 6.45) is 5.98. The van der Waals surface area contributed by atoms with E-state index in [9.17, 15) is 4.79 Å². The van der Waals surface area contributed by atoms with Crippen LogP contribution in [-0.4, -0.2) is 5.91 Å². The molecule has 0 aromatic heterocycles. The van der Waals surface area contributed by atoms with Gasteiger partial charge in [0.05, 0.1) is 0 Å². The van der Waals surface area contributed by atoms with Crippen molar-refractivity contribution in [2.45, 2.75) is 32.1 Å². The number of hydrogen-bond acceptors (Lipinski definition) is 2. The third kappa shape index (κ3) is 3.45. The molecule has 0 heterocycles. The highest BCUT2D eigenvalue weighted by Gasteiger charge is 2.40. The highest BCUT2D eigenvalue weighted by molar-refractivity contribution is 5.90. The maximum absolute atomic E-state index is 12.3. The van der Waals surface area contributed by atoms with Gasteiger partial charge in [0, 0.05) is 12.1 Å². The molecule has 3 nitrogen and oxygen atoms in total. The summed E-state index contributed by atoms with van der Waals surface area (Å²) in [5.74, 6) is 4.01. The van der Waals surface area contributed by atoms with Crippen LogP contribution in [0.3, 0.4) is 0 Å². The average molecular weight is 321 g/mol. The minimum Gasteiger partial charge on any atom is -0.457 e. The number of carbonyl (C=O) groups is 1. The number of benzene rings is 2. The van der Waals surface area contributed by atoms with E-state index in [4.69, 9.17) is 4.74 Å². The van der Waals surface area contributed by atoms with Crippen LogP contribution in [0.5, 0.6) is 11.5 Å². The first-order valence-electron chi connectivity index (χ1n) is 8.89. The Bertz CT molecular complexity index is 696. The van der Waals surface area contributed by atoms with Crippen molar-refractivity contribution in [1.82, 2.24) is 0 Å². The van der Waals surface area contributed by atoms with Gasteiger partial charge >= 0.3 is 0 Å². The molecule has 2 aromatic carbocycles. The first-order valence-corrected chi connectivity index (χ1v) is 8.89. The monoisotopic (exact) mass is 321 g/mol. The predicted octanol–water partition coefficient (Wildman–Crippen LogP) is 5.24. The summed E-state index contributed by atoms with van der Waals surface area (Å²) in [5.41, 5.74) is 0.837. The van der Waals surface area contributed by atoms with E-state index in [1.54, 1.807) is 0 Å². The lowest BCUT2D eigenvalue weighted by Crippen LogP contribution is -2.20. The maximum atomic E-state index is 12.3. The van der Waals surface area contributed by atoms with Crippen LogP contribution in [0.15, 0.2) is 54.6 Å². The summed E-state index contributed by atoms with van der Waals surface area (Å²) in [4.78, 5) is 12.3. The smallest absolute Gasteiger partial charge is 0.224 e. The number of amides is 1. The lowest BCUT2D eigenvalue weighted by molar-refractivity contribution is -0.117. The van der Waals surface area contributed by atoms with Gasteiger partial charge in [-0.15, -0.1) is 0 Å². The van der Waals surface area contributed by atoms with E-state index in [1.165, 1.54) is 25.7 Å². The van der Waals surface area contributed by atoms with Gasteiger partial charge < -0.3 is 10.1 Å². The quantitative estimate of drug-likeness (QED) is 0.817. The average Bonchev–Trinajstić information content (AvgIpc) is 3.20. The van der Waals surface area contributed by atoms with Gasteiger partial charge in [0.15, 0.2) is 0 Å². The lowest BCUT2D eigenvalue weighted by atomic mass is 9.86. The van der Waals surface area contributed by atoms with Crippen molar-refractivity contribution in [1.29, 1.82) is 0 Å². The Labute approximate surface area is 143 Å². The van der Waals surface area contributed by atoms with Crippen LogP contribution < -0.4 is 10.1 Å². The van der Waals surface area contributed by atoms with E-state index in [0.717, 1.165) is 29.0 Å². The second-order valence-corrected chi connectivity index (χ2v) is 7.13. The topological polar surface area (TPSA) is 38.3 Å². The molecule has 2 aliphatic rings. The van der Waals surface area contributed by atoms with Crippen LogP contribution >= 0.6 is 0 Å². The Balaban J connectivity index is 1.31. The van der Waals surface area contributed by atoms with Crippen LogP contribution in [0, 0.1) is 17.8 Å². The second-order valence-electron chi connectivity index (χ2n) is 7.13. The number of nitrogens with one attached hydrogen (secondary N) is 1. The molecule has 24 heavy (non-hydrogen) atoms. The molecule has 3 heteroatoms. The minimum atomic E-state index is 0.143. The summed E-state index contributed by atoms with van der Waals surface area (Å²) < 4.78 is 5.77. The zero-order chi connectivity index (χ0) is 16.4. The van der Waals surface area contributed by atoms with Gasteiger partial charge in [-0.05, 0) is 73.4 Å². The molecule has 0 unspecified atom stereocenters. The summed E-state index contributed by atoms with van der Waals surface area (Å²) in [7, 11) is 0. The third-order valence-electron chi connectivity index (χ3n) is 5.45. The van der Waals surface area contributed by atoms with E-state index in [-0.39, 0.29) is 5.91 Å². The first-order chi connectivity index (χ1) is 11.8. The molecule has 0 aliphatic heterocycles.